The fraction of sp³-hybridized carbons (Fsp3) is 0.200. The van der Waals surface area contributed by atoms with Crippen LogP contribution in [0.25, 0.3) is 0 Å². The molecule has 0 heterocycles. The Kier molecular flexibility index (Phi) is 3.85. The highest BCUT2D eigenvalue weighted by molar-refractivity contribution is 9.10. The van der Waals surface area contributed by atoms with Crippen molar-refractivity contribution in [3.05, 3.63) is 34.3 Å². The Hall–Kier alpha value is -1.36. The summed E-state index contributed by atoms with van der Waals surface area (Å²) in [4.78, 5) is 21.7. The molecule has 1 unspecified atom stereocenters. The number of benzene rings is 1. The molecule has 1 amide bonds. The first-order chi connectivity index (χ1) is 7.00. The Morgan fingerprint density at radius 3 is 2.27 bits per heavy atom. The molecule has 2 N–H and O–H groups in total. The van der Waals surface area contributed by atoms with E-state index in [-0.39, 0.29) is 5.91 Å². The number of carboxylic acid groups (broad SMARTS) is 1. The van der Waals surface area contributed by atoms with E-state index in [0.29, 0.717) is 5.56 Å². The van der Waals surface area contributed by atoms with Gasteiger partial charge in [0.2, 0.25) is 5.91 Å². The van der Waals surface area contributed by atoms with E-state index in [4.69, 9.17) is 5.11 Å². The molecule has 1 rings (SSSR count). The van der Waals surface area contributed by atoms with Gasteiger partial charge in [0, 0.05) is 11.4 Å². The number of amides is 1. The highest BCUT2D eigenvalue weighted by Crippen LogP contribution is 2.17. The predicted octanol–water partition coefficient (Wildman–Crippen LogP) is 1.71. The monoisotopic (exact) mass is 271 g/mol. The van der Waals surface area contributed by atoms with Crippen molar-refractivity contribution in [1.29, 1.82) is 0 Å². The first-order valence-corrected chi connectivity index (χ1v) is 5.05. The number of carbonyl (C=O) groups is 2. The van der Waals surface area contributed by atoms with Crippen molar-refractivity contribution >= 4 is 27.8 Å². The lowest BCUT2D eigenvalue weighted by molar-refractivity contribution is -0.141. The van der Waals surface area contributed by atoms with Gasteiger partial charge >= 0.3 is 5.97 Å². The maximum atomic E-state index is 10.9. The Morgan fingerprint density at radius 2 is 1.87 bits per heavy atom. The third-order valence-corrected chi connectivity index (χ3v) is 2.33. The van der Waals surface area contributed by atoms with Crippen LogP contribution in [0, 0.1) is 0 Å². The molecule has 1 aromatic rings. The minimum absolute atomic E-state index is 0.370. The molecule has 4 nitrogen and oxygen atoms in total. The van der Waals surface area contributed by atoms with Crippen LogP contribution in [-0.4, -0.2) is 17.0 Å². The van der Waals surface area contributed by atoms with E-state index >= 15 is 0 Å². The quantitative estimate of drug-likeness (QED) is 0.880. The van der Waals surface area contributed by atoms with Gasteiger partial charge in [-0.15, -0.1) is 0 Å². The van der Waals surface area contributed by atoms with Gasteiger partial charge in [0.15, 0.2) is 6.04 Å². The normalized spacial score (nSPS) is 11.9. The van der Waals surface area contributed by atoms with Gasteiger partial charge in [-0.1, -0.05) is 28.1 Å². The maximum Gasteiger partial charge on any atom is 0.330 e. The van der Waals surface area contributed by atoms with Crippen LogP contribution in [0.5, 0.6) is 0 Å². The van der Waals surface area contributed by atoms with Gasteiger partial charge in [-0.05, 0) is 17.7 Å². The van der Waals surface area contributed by atoms with E-state index in [1.807, 2.05) is 0 Å². The smallest absolute Gasteiger partial charge is 0.330 e. The number of carbonyl (C=O) groups excluding carboxylic acids is 1. The zero-order chi connectivity index (χ0) is 11.4. The summed E-state index contributed by atoms with van der Waals surface area (Å²) in [6, 6.07) is 5.77. The molecule has 0 aliphatic carbocycles. The van der Waals surface area contributed by atoms with E-state index in [2.05, 4.69) is 21.2 Å². The number of nitrogens with one attached hydrogen (secondary N) is 1. The summed E-state index contributed by atoms with van der Waals surface area (Å²) in [7, 11) is 0. The average molecular weight is 272 g/mol. The van der Waals surface area contributed by atoms with Crippen molar-refractivity contribution in [2.75, 3.05) is 0 Å². The van der Waals surface area contributed by atoms with Crippen molar-refractivity contribution in [3.63, 3.8) is 0 Å². The Balaban J connectivity index is 2.94. The maximum absolute atomic E-state index is 10.9. The summed E-state index contributed by atoms with van der Waals surface area (Å²) >= 11 is 3.25. The fourth-order valence-corrected chi connectivity index (χ4v) is 1.41. The zero-order valence-corrected chi connectivity index (χ0v) is 9.61. The van der Waals surface area contributed by atoms with E-state index in [1.54, 1.807) is 24.3 Å². The number of hydrogen-bond donors (Lipinski definition) is 2. The molecule has 1 atom stereocenters. The minimum Gasteiger partial charge on any atom is -0.479 e. The van der Waals surface area contributed by atoms with Crippen LogP contribution in [-0.2, 0) is 9.59 Å². The molecule has 1 aromatic carbocycles. The lowest BCUT2D eigenvalue weighted by Crippen LogP contribution is -2.31. The standard InChI is InChI=1S/C10H10BrNO3/c1-6(13)12-9(10(14)15)7-2-4-8(11)5-3-7/h2-5,9H,1H3,(H,12,13)(H,14,15). The molecule has 0 saturated heterocycles. The molecule has 5 heteroatoms. The average Bonchev–Trinajstić information content (AvgIpc) is 2.15. The van der Waals surface area contributed by atoms with Crippen molar-refractivity contribution in [3.8, 4) is 0 Å². The van der Waals surface area contributed by atoms with Crippen LogP contribution >= 0.6 is 15.9 Å². The molecule has 0 spiro atoms. The molecule has 0 aliphatic heterocycles. The topological polar surface area (TPSA) is 66.4 Å². The summed E-state index contributed by atoms with van der Waals surface area (Å²) < 4.78 is 0.859. The molecule has 0 aliphatic rings. The lowest BCUT2D eigenvalue weighted by atomic mass is 10.1. The van der Waals surface area contributed by atoms with E-state index in [1.165, 1.54) is 6.92 Å². The van der Waals surface area contributed by atoms with Gasteiger partial charge in [-0.2, -0.15) is 0 Å². The number of halogens is 1. The molecule has 15 heavy (non-hydrogen) atoms. The van der Waals surface area contributed by atoms with Crippen LogP contribution in [0.3, 0.4) is 0 Å². The molecule has 0 radical (unpaired) electrons. The van der Waals surface area contributed by atoms with Crippen LogP contribution in [0.1, 0.15) is 18.5 Å². The molecular weight excluding hydrogens is 262 g/mol. The van der Waals surface area contributed by atoms with E-state index < -0.39 is 12.0 Å². The summed E-state index contributed by atoms with van der Waals surface area (Å²) in [5, 5.41) is 11.3. The summed E-state index contributed by atoms with van der Waals surface area (Å²) in [6.45, 7) is 1.29. The third-order valence-electron chi connectivity index (χ3n) is 1.80. The number of hydrogen-bond acceptors (Lipinski definition) is 2. The summed E-state index contributed by atoms with van der Waals surface area (Å²) in [6.07, 6.45) is 0. The highest BCUT2D eigenvalue weighted by Gasteiger charge is 2.20. The van der Waals surface area contributed by atoms with E-state index in [9.17, 15) is 9.59 Å². The molecular formula is C10H10BrNO3. The van der Waals surface area contributed by atoms with Gasteiger partial charge < -0.3 is 10.4 Å². The number of carboxylic acids is 1. The molecule has 0 saturated carbocycles. The second-order valence-corrected chi connectivity index (χ2v) is 3.94. The highest BCUT2D eigenvalue weighted by atomic mass is 79.9. The second-order valence-electron chi connectivity index (χ2n) is 3.02. The van der Waals surface area contributed by atoms with Crippen molar-refractivity contribution in [2.45, 2.75) is 13.0 Å². The lowest BCUT2D eigenvalue weighted by Gasteiger charge is -2.13. The molecule has 0 bridgehead atoms. The summed E-state index contributed by atoms with van der Waals surface area (Å²) in [5.74, 6) is -1.45. The van der Waals surface area contributed by atoms with Gasteiger partial charge in [-0.3, -0.25) is 4.79 Å². The van der Waals surface area contributed by atoms with Gasteiger partial charge in [0.05, 0.1) is 0 Å². The third kappa shape index (κ3) is 3.36. The van der Waals surface area contributed by atoms with Crippen LogP contribution in [0.4, 0.5) is 0 Å². The first-order valence-electron chi connectivity index (χ1n) is 4.26. The second kappa shape index (κ2) is 4.93. The molecule has 80 valence electrons. The molecule has 0 aromatic heterocycles. The van der Waals surface area contributed by atoms with Crippen molar-refractivity contribution in [1.82, 2.24) is 5.32 Å². The van der Waals surface area contributed by atoms with Gasteiger partial charge in [0.1, 0.15) is 0 Å². The predicted molar refractivity (Wildman–Crippen MR) is 58.3 cm³/mol. The van der Waals surface area contributed by atoms with Gasteiger partial charge in [-0.25, -0.2) is 4.79 Å². The van der Waals surface area contributed by atoms with Crippen molar-refractivity contribution < 1.29 is 14.7 Å². The molecule has 0 fully saturated rings. The van der Waals surface area contributed by atoms with Crippen molar-refractivity contribution in [2.24, 2.45) is 0 Å². The first kappa shape index (κ1) is 11.7. The number of aliphatic carboxylic acids is 1. The SMILES string of the molecule is CC(=O)NC(C(=O)O)c1ccc(Br)cc1. The van der Waals surface area contributed by atoms with Crippen LogP contribution < -0.4 is 5.32 Å². The van der Waals surface area contributed by atoms with Crippen LogP contribution in [0.15, 0.2) is 28.7 Å². The minimum atomic E-state index is -1.08. The van der Waals surface area contributed by atoms with Gasteiger partial charge in [0.25, 0.3) is 0 Å². The largest absolute Gasteiger partial charge is 0.479 e. The van der Waals surface area contributed by atoms with Crippen LogP contribution in [0.2, 0.25) is 0 Å². The Morgan fingerprint density at radius 1 is 1.33 bits per heavy atom. The fourth-order valence-electron chi connectivity index (χ4n) is 1.15. The zero-order valence-electron chi connectivity index (χ0n) is 8.03. The Labute approximate surface area is 95.4 Å². The number of rotatable bonds is 3. The Bertz CT molecular complexity index is 375. The van der Waals surface area contributed by atoms with E-state index in [0.717, 1.165) is 4.47 Å². The summed E-state index contributed by atoms with van der Waals surface area (Å²) in [5.41, 5.74) is 0.543.